The van der Waals surface area contributed by atoms with Gasteiger partial charge in [-0.05, 0) is 42.5 Å². The van der Waals surface area contributed by atoms with Gasteiger partial charge in [-0.1, -0.05) is 6.07 Å². The number of aliphatic imine (C=N–C) groups is 1. The van der Waals surface area contributed by atoms with Crippen LogP contribution in [0.3, 0.4) is 0 Å². The summed E-state index contributed by atoms with van der Waals surface area (Å²) in [6.45, 7) is 0.0662. The van der Waals surface area contributed by atoms with Crippen molar-refractivity contribution in [1.82, 2.24) is 4.90 Å². The number of nitrogens with zero attached hydrogens (tertiary/aromatic N) is 2. The number of fused-ring (bicyclic) bond motifs is 1. The lowest BCUT2D eigenvalue weighted by Gasteiger charge is -2.10. The van der Waals surface area contributed by atoms with Crippen molar-refractivity contribution in [2.24, 2.45) is 10.7 Å². The van der Waals surface area contributed by atoms with Gasteiger partial charge in [0.05, 0.1) is 0 Å². The maximum Gasteiger partial charge on any atom is 0.243 e. The molecule has 1 aromatic carbocycles. The summed E-state index contributed by atoms with van der Waals surface area (Å²) in [6.07, 6.45) is 3.51. The molecule has 0 radical (unpaired) electrons. The third-order valence-corrected chi connectivity index (χ3v) is 3.25. The van der Waals surface area contributed by atoms with Gasteiger partial charge in [0, 0.05) is 19.8 Å². The Morgan fingerprint density at radius 1 is 1.37 bits per heavy atom. The predicted octanol–water partition coefficient (Wildman–Crippen LogP) is 0.990. The minimum Gasteiger partial charge on any atom is -0.370 e. The van der Waals surface area contributed by atoms with Crippen molar-refractivity contribution < 1.29 is 4.79 Å². The van der Waals surface area contributed by atoms with E-state index in [-0.39, 0.29) is 18.4 Å². The van der Waals surface area contributed by atoms with Crippen LogP contribution in [-0.2, 0) is 17.6 Å². The lowest BCUT2D eigenvalue weighted by atomic mass is 10.1. The van der Waals surface area contributed by atoms with Crippen molar-refractivity contribution in [2.75, 3.05) is 26.0 Å². The lowest BCUT2D eigenvalue weighted by molar-refractivity contribution is -0.127. The molecule has 19 heavy (non-hydrogen) atoms. The molecule has 0 aliphatic heterocycles. The minimum absolute atomic E-state index is 0.0662. The van der Waals surface area contributed by atoms with Crippen molar-refractivity contribution in [3.05, 3.63) is 29.3 Å². The van der Waals surface area contributed by atoms with Crippen molar-refractivity contribution in [3.8, 4) is 0 Å². The largest absolute Gasteiger partial charge is 0.370 e. The summed E-state index contributed by atoms with van der Waals surface area (Å²) in [5.74, 6) is 0.201. The quantitative estimate of drug-likeness (QED) is 0.629. The Kier molecular flexibility index (Phi) is 4.04. The van der Waals surface area contributed by atoms with E-state index in [9.17, 15) is 4.79 Å². The Morgan fingerprint density at radius 3 is 2.84 bits per heavy atom. The molecule has 1 amide bonds. The van der Waals surface area contributed by atoms with Crippen LogP contribution in [0.1, 0.15) is 17.5 Å². The number of anilines is 1. The maximum absolute atomic E-state index is 11.4. The summed E-state index contributed by atoms with van der Waals surface area (Å²) in [5.41, 5.74) is 9.49. The average molecular weight is 260 g/mol. The fourth-order valence-corrected chi connectivity index (χ4v) is 2.13. The molecule has 0 saturated heterocycles. The normalized spacial score (nSPS) is 14.1. The average Bonchev–Trinajstić information content (AvgIpc) is 2.83. The number of rotatable bonds is 3. The maximum atomic E-state index is 11.4. The van der Waals surface area contributed by atoms with Crippen LogP contribution in [0.15, 0.2) is 23.2 Å². The number of nitrogens with two attached hydrogens (primary N) is 1. The SMILES string of the molecule is CN(C)C(=O)CN=C(N)Nc1ccc2c(c1)CCC2. The van der Waals surface area contributed by atoms with E-state index in [1.165, 1.54) is 22.4 Å². The second-order valence-corrected chi connectivity index (χ2v) is 4.95. The van der Waals surface area contributed by atoms with Crippen LogP contribution in [0.25, 0.3) is 0 Å². The van der Waals surface area contributed by atoms with Crippen LogP contribution < -0.4 is 11.1 Å². The van der Waals surface area contributed by atoms with Crippen LogP contribution in [-0.4, -0.2) is 37.4 Å². The van der Waals surface area contributed by atoms with Crippen molar-refractivity contribution in [2.45, 2.75) is 19.3 Å². The van der Waals surface area contributed by atoms with Gasteiger partial charge in [-0.25, -0.2) is 4.99 Å². The molecule has 3 N–H and O–H groups in total. The number of aryl methyl sites for hydroxylation is 2. The first-order valence-electron chi connectivity index (χ1n) is 6.45. The van der Waals surface area contributed by atoms with Gasteiger partial charge < -0.3 is 16.0 Å². The molecule has 102 valence electrons. The van der Waals surface area contributed by atoms with Gasteiger partial charge in [0.15, 0.2) is 5.96 Å². The zero-order valence-electron chi connectivity index (χ0n) is 11.4. The number of hydrogen-bond acceptors (Lipinski definition) is 2. The third kappa shape index (κ3) is 3.47. The van der Waals surface area contributed by atoms with E-state index < -0.39 is 0 Å². The molecular weight excluding hydrogens is 240 g/mol. The molecule has 0 unspecified atom stereocenters. The first-order chi connectivity index (χ1) is 9.06. The molecule has 0 atom stereocenters. The molecule has 1 aliphatic carbocycles. The molecule has 5 heteroatoms. The minimum atomic E-state index is -0.0706. The number of amides is 1. The van der Waals surface area contributed by atoms with Crippen LogP contribution >= 0.6 is 0 Å². The van der Waals surface area contributed by atoms with E-state index in [0.29, 0.717) is 0 Å². The number of carbonyl (C=O) groups is 1. The highest BCUT2D eigenvalue weighted by molar-refractivity contribution is 5.94. The van der Waals surface area contributed by atoms with E-state index >= 15 is 0 Å². The lowest BCUT2D eigenvalue weighted by Crippen LogP contribution is -2.28. The monoisotopic (exact) mass is 260 g/mol. The fraction of sp³-hybridized carbons (Fsp3) is 0.429. The second kappa shape index (κ2) is 5.73. The van der Waals surface area contributed by atoms with Crippen LogP contribution in [0.4, 0.5) is 5.69 Å². The van der Waals surface area contributed by atoms with E-state index in [0.717, 1.165) is 18.5 Å². The molecule has 0 saturated carbocycles. The Morgan fingerprint density at radius 2 is 2.11 bits per heavy atom. The Labute approximate surface area is 113 Å². The van der Waals surface area contributed by atoms with Crippen molar-refractivity contribution in [3.63, 3.8) is 0 Å². The number of carbonyl (C=O) groups excluding carboxylic acids is 1. The number of likely N-dealkylation sites (N-methyl/N-ethyl adjacent to an activating group) is 1. The Hall–Kier alpha value is -2.04. The smallest absolute Gasteiger partial charge is 0.243 e. The van der Waals surface area contributed by atoms with Crippen molar-refractivity contribution >= 4 is 17.6 Å². The molecule has 0 aromatic heterocycles. The molecule has 0 heterocycles. The van der Waals surface area contributed by atoms with E-state index in [1.54, 1.807) is 14.1 Å². The summed E-state index contributed by atoms with van der Waals surface area (Å²) < 4.78 is 0. The number of benzene rings is 1. The second-order valence-electron chi connectivity index (χ2n) is 4.95. The summed E-state index contributed by atoms with van der Waals surface area (Å²) in [6, 6.07) is 6.24. The highest BCUT2D eigenvalue weighted by Crippen LogP contribution is 2.24. The predicted molar refractivity (Wildman–Crippen MR) is 77.3 cm³/mol. The standard InChI is InChI=1S/C14H20N4O/c1-18(2)13(19)9-16-14(15)17-12-7-6-10-4-3-5-11(10)8-12/h6-8H,3-5,9H2,1-2H3,(H3,15,16,17). The van der Waals surface area contributed by atoms with Crippen LogP contribution in [0.5, 0.6) is 0 Å². The number of nitrogens with one attached hydrogen (secondary N) is 1. The third-order valence-electron chi connectivity index (χ3n) is 3.25. The van der Waals surface area contributed by atoms with Crippen LogP contribution in [0, 0.1) is 0 Å². The van der Waals surface area contributed by atoms with Gasteiger partial charge in [-0.3, -0.25) is 4.79 Å². The highest BCUT2D eigenvalue weighted by atomic mass is 16.2. The van der Waals surface area contributed by atoms with E-state index in [4.69, 9.17) is 5.73 Å². The Balaban J connectivity index is 1.97. The molecular formula is C14H20N4O. The van der Waals surface area contributed by atoms with E-state index in [2.05, 4.69) is 22.4 Å². The van der Waals surface area contributed by atoms with Gasteiger partial charge >= 0.3 is 0 Å². The molecule has 5 nitrogen and oxygen atoms in total. The number of hydrogen-bond donors (Lipinski definition) is 2. The molecule has 0 spiro atoms. The first kappa shape index (κ1) is 13.4. The van der Waals surface area contributed by atoms with Gasteiger partial charge in [0.2, 0.25) is 5.91 Å². The summed E-state index contributed by atoms with van der Waals surface area (Å²) in [7, 11) is 3.39. The first-order valence-corrected chi connectivity index (χ1v) is 6.45. The molecule has 1 aromatic rings. The van der Waals surface area contributed by atoms with Crippen molar-refractivity contribution in [1.29, 1.82) is 0 Å². The molecule has 0 bridgehead atoms. The van der Waals surface area contributed by atoms with E-state index in [1.807, 2.05) is 6.07 Å². The van der Waals surface area contributed by atoms with Gasteiger partial charge in [0.1, 0.15) is 6.54 Å². The van der Waals surface area contributed by atoms with Gasteiger partial charge in [-0.15, -0.1) is 0 Å². The van der Waals surface area contributed by atoms with Crippen LogP contribution in [0.2, 0.25) is 0 Å². The summed E-state index contributed by atoms with van der Waals surface area (Å²) in [5, 5.41) is 3.02. The summed E-state index contributed by atoms with van der Waals surface area (Å²) in [4.78, 5) is 16.9. The highest BCUT2D eigenvalue weighted by Gasteiger charge is 2.11. The Bertz CT molecular complexity index is 508. The topological polar surface area (TPSA) is 70.7 Å². The zero-order valence-corrected chi connectivity index (χ0v) is 11.4. The number of guanidine groups is 1. The summed E-state index contributed by atoms with van der Waals surface area (Å²) >= 11 is 0. The molecule has 2 rings (SSSR count). The zero-order chi connectivity index (χ0) is 13.8. The van der Waals surface area contributed by atoms with Gasteiger partial charge in [-0.2, -0.15) is 0 Å². The molecule has 1 aliphatic rings. The molecule has 0 fully saturated rings. The van der Waals surface area contributed by atoms with Gasteiger partial charge in [0.25, 0.3) is 0 Å². The fourth-order valence-electron chi connectivity index (χ4n) is 2.13.